The first-order chi connectivity index (χ1) is 6.22. The average molecular weight is 180 g/mol. The van der Waals surface area contributed by atoms with Crippen LogP contribution in [-0.2, 0) is 13.6 Å². The van der Waals surface area contributed by atoms with Gasteiger partial charge in [-0.3, -0.25) is 0 Å². The monoisotopic (exact) mass is 180 g/mol. The van der Waals surface area contributed by atoms with Gasteiger partial charge in [0.05, 0.1) is 0 Å². The zero-order valence-corrected chi connectivity index (χ0v) is 8.88. The van der Waals surface area contributed by atoms with Gasteiger partial charge in [0.15, 0.2) is 0 Å². The molecule has 0 amide bonds. The summed E-state index contributed by atoms with van der Waals surface area (Å²) in [4.78, 5) is 0. The summed E-state index contributed by atoms with van der Waals surface area (Å²) in [6.45, 7) is 6.61. The molecule has 0 bridgehead atoms. The van der Waals surface area contributed by atoms with Crippen LogP contribution < -0.4 is 5.32 Å². The van der Waals surface area contributed by atoms with Crippen LogP contribution in [0.3, 0.4) is 0 Å². The van der Waals surface area contributed by atoms with Crippen molar-refractivity contribution in [2.45, 2.75) is 26.8 Å². The first kappa shape index (κ1) is 10.3. The van der Waals surface area contributed by atoms with Gasteiger partial charge in [-0.1, -0.05) is 20.3 Å². The minimum absolute atomic E-state index is 0.781. The molecule has 0 aliphatic heterocycles. The second kappa shape index (κ2) is 5.07. The van der Waals surface area contributed by atoms with Crippen molar-refractivity contribution in [3.8, 4) is 0 Å². The summed E-state index contributed by atoms with van der Waals surface area (Å²) in [7, 11) is 2.05. The topological polar surface area (TPSA) is 17.0 Å². The number of aromatic nitrogens is 1. The lowest BCUT2D eigenvalue weighted by Crippen LogP contribution is -2.19. The predicted molar refractivity (Wildman–Crippen MR) is 56.6 cm³/mol. The molecule has 74 valence electrons. The Balaban J connectivity index is 2.20. The number of aryl methyl sites for hydroxylation is 1. The van der Waals surface area contributed by atoms with E-state index >= 15 is 0 Å². The Hall–Kier alpha value is -0.760. The molecule has 1 unspecified atom stereocenters. The van der Waals surface area contributed by atoms with Crippen LogP contribution >= 0.6 is 0 Å². The quantitative estimate of drug-likeness (QED) is 0.734. The molecule has 1 aromatic heterocycles. The molecule has 1 aromatic rings. The molecule has 2 nitrogen and oxygen atoms in total. The van der Waals surface area contributed by atoms with Crippen molar-refractivity contribution in [1.29, 1.82) is 0 Å². The van der Waals surface area contributed by atoms with E-state index in [9.17, 15) is 0 Å². The predicted octanol–water partition coefficient (Wildman–Crippen LogP) is 2.16. The van der Waals surface area contributed by atoms with Gasteiger partial charge < -0.3 is 9.88 Å². The standard InChI is InChI=1S/C11H20N2/c1-4-10(2)7-12-8-11-5-6-13(3)9-11/h5-6,9-10,12H,4,7-8H2,1-3H3. The normalized spacial score (nSPS) is 13.2. The van der Waals surface area contributed by atoms with Crippen LogP contribution in [0.5, 0.6) is 0 Å². The van der Waals surface area contributed by atoms with Crippen LogP contribution in [0.1, 0.15) is 25.8 Å². The molecule has 1 atom stereocenters. The maximum absolute atomic E-state index is 3.45. The van der Waals surface area contributed by atoms with E-state index in [1.54, 1.807) is 0 Å². The van der Waals surface area contributed by atoms with Gasteiger partial charge in [0, 0.05) is 26.0 Å². The van der Waals surface area contributed by atoms with Gasteiger partial charge in [0.2, 0.25) is 0 Å². The fraction of sp³-hybridized carbons (Fsp3) is 0.636. The molecule has 0 saturated heterocycles. The van der Waals surface area contributed by atoms with Crippen LogP contribution in [0.15, 0.2) is 18.5 Å². The number of hydrogen-bond donors (Lipinski definition) is 1. The lowest BCUT2D eigenvalue weighted by molar-refractivity contribution is 0.500. The van der Waals surface area contributed by atoms with Crippen molar-refractivity contribution in [3.05, 3.63) is 24.0 Å². The fourth-order valence-electron chi connectivity index (χ4n) is 1.27. The highest BCUT2D eigenvalue weighted by Gasteiger charge is 1.98. The molecular weight excluding hydrogens is 160 g/mol. The third-order valence-electron chi connectivity index (χ3n) is 2.41. The molecule has 0 saturated carbocycles. The van der Waals surface area contributed by atoms with Crippen molar-refractivity contribution >= 4 is 0 Å². The van der Waals surface area contributed by atoms with Crippen molar-refractivity contribution in [3.63, 3.8) is 0 Å². The lowest BCUT2D eigenvalue weighted by atomic mass is 10.1. The van der Waals surface area contributed by atoms with E-state index in [4.69, 9.17) is 0 Å². The summed E-state index contributed by atoms with van der Waals surface area (Å²) in [6.07, 6.45) is 5.49. The van der Waals surface area contributed by atoms with Gasteiger partial charge >= 0.3 is 0 Å². The van der Waals surface area contributed by atoms with Gasteiger partial charge in [0.1, 0.15) is 0 Å². The van der Waals surface area contributed by atoms with Gasteiger partial charge in [0.25, 0.3) is 0 Å². The van der Waals surface area contributed by atoms with Gasteiger partial charge in [-0.05, 0) is 24.1 Å². The Kier molecular flexibility index (Phi) is 4.03. The molecule has 0 radical (unpaired) electrons. The number of nitrogens with one attached hydrogen (secondary N) is 1. The van der Waals surface area contributed by atoms with E-state index in [1.165, 1.54) is 12.0 Å². The summed E-state index contributed by atoms with van der Waals surface area (Å²) < 4.78 is 2.08. The summed E-state index contributed by atoms with van der Waals surface area (Å²) >= 11 is 0. The van der Waals surface area contributed by atoms with Crippen LogP contribution in [0.4, 0.5) is 0 Å². The molecule has 0 aliphatic rings. The van der Waals surface area contributed by atoms with E-state index in [-0.39, 0.29) is 0 Å². The third-order valence-corrected chi connectivity index (χ3v) is 2.41. The third kappa shape index (κ3) is 3.64. The van der Waals surface area contributed by atoms with Crippen molar-refractivity contribution in [1.82, 2.24) is 9.88 Å². The van der Waals surface area contributed by atoms with E-state index < -0.39 is 0 Å². The average Bonchev–Trinajstić information content (AvgIpc) is 2.51. The van der Waals surface area contributed by atoms with E-state index in [1.807, 2.05) is 0 Å². The number of rotatable bonds is 5. The number of hydrogen-bond acceptors (Lipinski definition) is 1. The maximum Gasteiger partial charge on any atom is 0.0220 e. The molecule has 0 aromatic carbocycles. The smallest absolute Gasteiger partial charge is 0.0220 e. The highest BCUT2D eigenvalue weighted by molar-refractivity contribution is 5.09. The number of nitrogens with zero attached hydrogens (tertiary/aromatic N) is 1. The summed E-state index contributed by atoms with van der Waals surface area (Å²) in [5.41, 5.74) is 1.37. The van der Waals surface area contributed by atoms with Gasteiger partial charge in [-0.15, -0.1) is 0 Å². The maximum atomic E-state index is 3.45. The zero-order valence-electron chi connectivity index (χ0n) is 8.88. The minimum Gasteiger partial charge on any atom is -0.357 e. The molecule has 0 fully saturated rings. The van der Waals surface area contributed by atoms with Crippen LogP contribution in [0.2, 0.25) is 0 Å². The highest BCUT2D eigenvalue weighted by Crippen LogP contribution is 2.01. The van der Waals surface area contributed by atoms with Gasteiger partial charge in [-0.2, -0.15) is 0 Å². The highest BCUT2D eigenvalue weighted by atomic mass is 14.9. The summed E-state index contributed by atoms with van der Waals surface area (Å²) in [5, 5.41) is 3.45. The van der Waals surface area contributed by atoms with E-state index in [0.717, 1.165) is 19.0 Å². The Morgan fingerprint density at radius 2 is 2.31 bits per heavy atom. The van der Waals surface area contributed by atoms with Crippen LogP contribution in [0, 0.1) is 5.92 Å². The van der Waals surface area contributed by atoms with E-state index in [2.05, 4.69) is 49.2 Å². The Labute approximate surface area is 81.0 Å². The van der Waals surface area contributed by atoms with Crippen LogP contribution in [0.25, 0.3) is 0 Å². The first-order valence-electron chi connectivity index (χ1n) is 5.04. The van der Waals surface area contributed by atoms with Crippen molar-refractivity contribution in [2.75, 3.05) is 6.54 Å². The minimum atomic E-state index is 0.781. The molecule has 13 heavy (non-hydrogen) atoms. The van der Waals surface area contributed by atoms with Crippen molar-refractivity contribution in [2.24, 2.45) is 13.0 Å². The molecule has 1 heterocycles. The van der Waals surface area contributed by atoms with Crippen molar-refractivity contribution < 1.29 is 0 Å². The summed E-state index contributed by atoms with van der Waals surface area (Å²) in [6, 6.07) is 2.16. The molecular formula is C11H20N2. The Bertz CT molecular complexity index is 240. The second-order valence-corrected chi connectivity index (χ2v) is 3.83. The SMILES string of the molecule is CCC(C)CNCc1ccn(C)c1. The molecule has 0 spiro atoms. The largest absolute Gasteiger partial charge is 0.357 e. The van der Waals surface area contributed by atoms with Gasteiger partial charge in [-0.25, -0.2) is 0 Å². The summed E-state index contributed by atoms with van der Waals surface area (Å²) in [5.74, 6) is 0.781. The first-order valence-corrected chi connectivity index (χ1v) is 5.04. The second-order valence-electron chi connectivity index (χ2n) is 3.83. The molecule has 1 rings (SSSR count). The Morgan fingerprint density at radius 3 is 2.85 bits per heavy atom. The zero-order chi connectivity index (χ0) is 9.68. The van der Waals surface area contributed by atoms with Crippen LogP contribution in [-0.4, -0.2) is 11.1 Å². The lowest BCUT2D eigenvalue weighted by Gasteiger charge is -2.08. The molecule has 2 heteroatoms. The fourth-order valence-corrected chi connectivity index (χ4v) is 1.27. The molecule has 1 N–H and O–H groups in total. The van der Waals surface area contributed by atoms with E-state index in [0.29, 0.717) is 0 Å². The molecule has 0 aliphatic carbocycles. The Morgan fingerprint density at radius 1 is 1.54 bits per heavy atom.